The monoisotopic (exact) mass is 312 g/mol. The first kappa shape index (κ1) is 14.3. The topological polar surface area (TPSA) is 55.6 Å². The van der Waals surface area contributed by atoms with Crippen LogP contribution in [0.3, 0.4) is 0 Å². The molecule has 5 nitrogen and oxygen atoms in total. The van der Waals surface area contributed by atoms with Crippen LogP contribution in [0.2, 0.25) is 0 Å². The third-order valence-electron chi connectivity index (χ3n) is 4.64. The van der Waals surface area contributed by atoms with Crippen molar-refractivity contribution in [1.29, 1.82) is 0 Å². The Morgan fingerprint density at radius 3 is 3.04 bits per heavy atom. The average Bonchev–Trinajstić information content (AvgIpc) is 3.22. The predicted molar refractivity (Wildman–Crippen MR) is 84.5 cm³/mol. The van der Waals surface area contributed by atoms with Gasteiger partial charge in [-0.2, -0.15) is 0 Å². The van der Waals surface area contributed by atoms with Gasteiger partial charge in [-0.1, -0.05) is 5.16 Å². The lowest BCUT2D eigenvalue weighted by Gasteiger charge is -2.24. The van der Waals surface area contributed by atoms with Crippen LogP contribution in [0, 0.1) is 6.92 Å². The van der Waals surface area contributed by atoms with E-state index in [-0.39, 0.29) is 11.9 Å². The van der Waals surface area contributed by atoms with Gasteiger partial charge in [0.2, 0.25) is 0 Å². The lowest BCUT2D eigenvalue weighted by molar-refractivity contribution is 0.0714. The highest BCUT2D eigenvalue weighted by atomic mass is 16.5. The fraction of sp³-hybridized carbons (Fsp3) is 0.444. The quantitative estimate of drug-likeness (QED) is 0.854. The van der Waals surface area contributed by atoms with Crippen LogP contribution in [-0.4, -0.2) is 29.1 Å². The highest BCUT2D eigenvalue weighted by molar-refractivity contribution is 5.95. The number of carbonyl (C=O) groups excluding carboxylic acids is 1. The molecule has 120 valence electrons. The highest BCUT2D eigenvalue weighted by Crippen LogP contribution is 2.34. The molecule has 1 saturated heterocycles. The van der Waals surface area contributed by atoms with Crippen LogP contribution in [0.5, 0.6) is 5.75 Å². The van der Waals surface area contributed by atoms with Crippen molar-refractivity contribution in [3.05, 3.63) is 46.8 Å². The number of benzene rings is 1. The Morgan fingerprint density at radius 2 is 2.22 bits per heavy atom. The van der Waals surface area contributed by atoms with Crippen molar-refractivity contribution in [1.82, 2.24) is 10.1 Å². The van der Waals surface area contributed by atoms with Crippen LogP contribution >= 0.6 is 0 Å². The molecule has 1 aromatic heterocycles. The maximum atomic E-state index is 12.9. The molecule has 2 aliphatic rings. The molecule has 1 aromatic carbocycles. The molecule has 2 aromatic rings. The van der Waals surface area contributed by atoms with Crippen LogP contribution in [0.1, 0.15) is 52.7 Å². The van der Waals surface area contributed by atoms with Gasteiger partial charge in [0.15, 0.2) is 5.76 Å². The van der Waals surface area contributed by atoms with E-state index in [1.807, 2.05) is 36.1 Å². The minimum Gasteiger partial charge on any atom is -0.493 e. The summed E-state index contributed by atoms with van der Waals surface area (Å²) < 4.78 is 11.0. The molecule has 0 N–H and O–H groups in total. The van der Waals surface area contributed by atoms with E-state index >= 15 is 0 Å². The molecule has 1 unspecified atom stereocenters. The first-order chi connectivity index (χ1) is 11.2. The minimum absolute atomic E-state index is 0.00372. The van der Waals surface area contributed by atoms with Crippen molar-refractivity contribution in [3.8, 4) is 5.75 Å². The number of likely N-dealkylation sites (tertiary alicyclic amines) is 1. The highest BCUT2D eigenvalue weighted by Gasteiger charge is 2.33. The molecule has 23 heavy (non-hydrogen) atoms. The largest absolute Gasteiger partial charge is 0.493 e. The Kier molecular flexibility index (Phi) is 3.56. The molecule has 0 aliphatic carbocycles. The molecule has 1 amide bonds. The Labute approximate surface area is 135 Å². The molecule has 0 spiro atoms. The Hall–Kier alpha value is -2.30. The first-order valence-electron chi connectivity index (χ1n) is 8.22. The summed E-state index contributed by atoms with van der Waals surface area (Å²) in [5, 5.41) is 3.96. The maximum absolute atomic E-state index is 12.9. The average molecular weight is 312 g/mol. The molecule has 0 radical (unpaired) electrons. The number of ether oxygens (including phenoxy) is 1. The van der Waals surface area contributed by atoms with Gasteiger partial charge < -0.3 is 14.2 Å². The van der Waals surface area contributed by atoms with Gasteiger partial charge in [-0.3, -0.25) is 4.79 Å². The van der Waals surface area contributed by atoms with Crippen LogP contribution < -0.4 is 4.74 Å². The summed E-state index contributed by atoms with van der Waals surface area (Å²) in [4.78, 5) is 14.9. The van der Waals surface area contributed by atoms with E-state index in [0.717, 1.165) is 67.2 Å². The summed E-state index contributed by atoms with van der Waals surface area (Å²) in [5.41, 5.74) is 2.72. The zero-order valence-electron chi connectivity index (χ0n) is 13.2. The van der Waals surface area contributed by atoms with E-state index in [2.05, 4.69) is 5.16 Å². The maximum Gasteiger partial charge on any atom is 0.254 e. The number of aryl methyl sites for hydroxylation is 2. The number of rotatable bonds is 2. The van der Waals surface area contributed by atoms with E-state index in [4.69, 9.17) is 9.26 Å². The third-order valence-corrected chi connectivity index (χ3v) is 4.64. The van der Waals surface area contributed by atoms with Crippen molar-refractivity contribution in [2.24, 2.45) is 0 Å². The van der Waals surface area contributed by atoms with Gasteiger partial charge in [-0.15, -0.1) is 0 Å². The molecule has 2 aliphatic heterocycles. The summed E-state index contributed by atoms with van der Waals surface area (Å²) in [6, 6.07) is 7.70. The number of aromatic nitrogens is 1. The smallest absolute Gasteiger partial charge is 0.254 e. The van der Waals surface area contributed by atoms with Gasteiger partial charge in [-0.25, -0.2) is 0 Å². The van der Waals surface area contributed by atoms with E-state index in [9.17, 15) is 4.79 Å². The second-order valence-electron chi connectivity index (χ2n) is 6.30. The summed E-state index contributed by atoms with van der Waals surface area (Å²) in [7, 11) is 0. The van der Waals surface area contributed by atoms with Gasteiger partial charge in [0, 0.05) is 18.2 Å². The summed E-state index contributed by atoms with van der Waals surface area (Å²) >= 11 is 0. The Balaban J connectivity index is 1.60. The van der Waals surface area contributed by atoms with Gasteiger partial charge in [0.1, 0.15) is 5.75 Å². The third kappa shape index (κ3) is 2.60. The van der Waals surface area contributed by atoms with E-state index in [1.165, 1.54) is 0 Å². The molecular weight excluding hydrogens is 292 g/mol. The number of nitrogens with zero attached hydrogens (tertiary/aromatic N) is 2. The summed E-state index contributed by atoms with van der Waals surface area (Å²) in [6.45, 7) is 3.42. The number of amides is 1. The Bertz CT molecular complexity index is 738. The standard InChI is InChI=1S/C18H20N2O3/c1-12-10-17(23-19-12)15-5-2-8-20(15)18(21)14-6-7-16-13(11-14)4-3-9-22-16/h6-7,10-11,15H,2-5,8-9H2,1H3. The number of fused-ring (bicyclic) bond motifs is 1. The van der Waals surface area contributed by atoms with Crippen molar-refractivity contribution in [3.63, 3.8) is 0 Å². The van der Waals surface area contributed by atoms with Gasteiger partial charge in [0.05, 0.1) is 18.3 Å². The van der Waals surface area contributed by atoms with Gasteiger partial charge in [0.25, 0.3) is 5.91 Å². The number of hydrogen-bond acceptors (Lipinski definition) is 4. The van der Waals surface area contributed by atoms with Gasteiger partial charge in [-0.05, 0) is 56.4 Å². The van der Waals surface area contributed by atoms with Crippen molar-refractivity contribution < 1.29 is 14.1 Å². The molecular formula is C18H20N2O3. The fourth-order valence-electron chi connectivity index (χ4n) is 3.51. The molecule has 0 bridgehead atoms. The summed E-state index contributed by atoms with van der Waals surface area (Å²) in [6.07, 6.45) is 3.90. The minimum atomic E-state index is -0.00372. The van der Waals surface area contributed by atoms with Crippen molar-refractivity contribution in [2.75, 3.05) is 13.2 Å². The summed E-state index contributed by atoms with van der Waals surface area (Å²) in [5.74, 6) is 1.77. The molecule has 3 heterocycles. The predicted octanol–water partition coefficient (Wildman–Crippen LogP) is 3.29. The SMILES string of the molecule is Cc1cc(C2CCCN2C(=O)c2ccc3c(c2)CCCO3)on1. The second kappa shape index (κ2) is 5.72. The van der Waals surface area contributed by atoms with Crippen LogP contribution in [-0.2, 0) is 6.42 Å². The van der Waals surface area contributed by atoms with Crippen LogP contribution in [0.25, 0.3) is 0 Å². The Morgan fingerprint density at radius 1 is 1.30 bits per heavy atom. The normalized spacial score (nSPS) is 20.2. The number of hydrogen-bond donors (Lipinski definition) is 0. The van der Waals surface area contributed by atoms with Crippen molar-refractivity contribution >= 4 is 5.91 Å². The molecule has 1 fully saturated rings. The lowest BCUT2D eigenvalue weighted by atomic mass is 10.0. The lowest BCUT2D eigenvalue weighted by Crippen LogP contribution is -2.30. The molecule has 4 rings (SSSR count). The zero-order chi connectivity index (χ0) is 15.8. The molecule has 5 heteroatoms. The number of carbonyl (C=O) groups is 1. The van der Waals surface area contributed by atoms with E-state index in [0.29, 0.717) is 0 Å². The first-order valence-corrected chi connectivity index (χ1v) is 8.22. The zero-order valence-corrected chi connectivity index (χ0v) is 13.2. The van der Waals surface area contributed by atoms with Crippen molar-refractivity contribution in [2.45, 2.75) is 38.6 Å². The van der Waals surface area contributed by atoms with E-state index < -0.39 is 0 Å². The fourth-order valence-corrected chi connectivity index (χ4v) is 3.51. The molecule has 0 saturated carbocycles. The molecule has 1 atom stereocenters. The van der Waals surface area contributed by atoms with E-state index in [1.54, 1.807) is 0 Å². The second-order valence-corrected chi connectivity index (χ2v) is 6.30. The van der Waals surface area contributed by atoms with Gasteiger partial charge >= 0.3 is 0 Å². The van der Waals surface area contributed by atoms with Crippen LogP contribution in [0.15, 0.2) is 28.8 Å². The van der Waals surface area contributed by atoms with Crippen LogP contribution in [0.4, 0.5) is 0 Å².